The van der Waals surface area contributed by atoms with Crippen LogP contribution in [0.5, 0.6) is 0 Å². The number of thioether (sulfide) groups is 1. The van der Waals surface area contributed by atoms with Crippen LogP contribution in [-0.4, -0.2) is 10.4 Å². The maximum absolute atomic E-state index is 11.8. The molecule has 1 rings (SSSR count). The first-order valence-corrected chi connectivity index (χ1v) is 8.28. The van der Waals surface area contributed by atoms with Gasteiger partial charge in [-0.15, -0.1) is 11.3 Å². The Balaban J connectivity index is 2.51. The van der Waals surface area contributed by atoms with E-state index in [0.29, 0.717) is 10.8 Å². The number of unbranched alkanes of at least 4 members (excludes halogenated alkanes) is 2. The van der Waals surface area contributed by atoms with Crippen LogP contribution >= 0.6 is 23.1 Å². The molecule has 1 nitrogen and oxygen atoms in total. The zero-order valence-electron chi connectivity index (χ0n) is 11.3. The molecule has 3 heteroatoms. The monoisotopic (exact) mass is 282 g/mol. The Hall–Kier alpha value is -0.540. The third kappa shape index (κ3) is 5.87. The molecule has 1 atom stereocenters. The summed E-state index contributed by atoms with van der Waals surface area (Å²) < 4.78 is 0. The molecule has 0 saturated heterocycles. The first-order chi connectivity index (χ1) is 8.63. The lowest BCUT2D eigenvalue weighted by atomic mass is 10.1. The normalized spacial score (nSPS) is 12.3. The van der Waals surface area contributed by atoms with E-state index in [4.69, 9.17) is 0 Å². The van der Waals surface area contributed by atoms with Gasteiger partial charge in [0.1, 0.15) is 0 Å². The van der Waals surface area contributed by atoms with Crippen LogP contribution in [0.25, 0.3) is 0 Å². The molecule has 0 spiro atoms. The van der Waals surface area contributed by atoms with Gasteiger partial charge in [0, 0.05) is 10.1 Å². The van der Waals surface area contributed by atoms with E-state index in [2.05, 4.69) is 31.0 Å². The molecule has 0 amide bonds. The van der Waals surface area contributed by atoms with Gasteiger partial charge in [0.15, 0.2) is 0 Å². The SMILES string of the molecule is C=C(C)C(=O)SC(CCCCC)Cc1cccs1. The van der Waals surface area contributed by atoms with Gasteiger partial charge in [-0.1, -0.05) is 50.6 Å². The van der Waals surface area contributed by atoms with E-state index in [1.54, 1.807) is 18.3 Å². The van der Waals surface area contributed by atoms with Crippen LogP contribution in [0, 0.1) is 0 Å². The van der Waals surface area contributed by atoms with Crippen molar-refractivity contribution in [1.82, 2.24) is 0 Å². The minimum Gasteiger partial charge on any atom is -0.282 e. The minimum absolute atomic E-state index is 0.146. The summed E-state index contributed by atoms with van der Waals surface area (Å²) in [5.41, 5.74) is 0.659. The lowest BCUT2D eigenvalue weighted by Crippen LogP contribution is -2.10. The summed E-state index contributed by atoms with van der Waals surface area (Å²) in [5.74, 6) is 0. The second-order valence-corrected chi connectivity index (χ2v) is 6.89. The molecule has 0 aliphatic heterocycles. The van der Waals surface area contributed by atoms with Crippen molar-refractivity contribution in [2.45, 2.75) is 51.2 Å². The largest absolute Gasteiger partial charge is 0.282 e. The average molecular weight is 282 g/mol. The molecule has 0 aromatic carbocycles. The van der Waals surface area contributed by atoms with Crippen molar-refractivity contribution in [2.75, 3.05) is 0 Å². The van der Waals surface area contributed by atoms with Gasteiger partial charge in [0.2, 0.25) is 5.12 Å². The first kappa shape index (κ1) is 15.5. The number of rotatable bonds is 8. The zero-order valence-corrected chi connectivity index (χ0v) is 12.9. The molecule has 0 bridgehead atoms. The summed E-state index contributed by atoms with van der Waals surface area (Å²) in [6, 6.07) is 4.23. The molecule has 100 valence electrons. The van der Waals surface area contributed by atoms with Crippen molar-refractivity contribution in [2.24, 2.45) is 0 Å². The van der Waals surface area contributed by atoms with Crippen molar-refractivity contribution >= 4 is 28.2 Å². The van der Waals surface area contributed by atoms with E-state index in [0.717, 1.165) is 12.8 Å². The first-order valence-electron chi connectivity index (χ1n) is 6.52. The fourth-order valence-corrected chi connectivity index (χ4v) is 3.67. The maximum atomic E-state index is 11.8. The standard InChI is InChI=1S/C15H22OS2/c1-4-5-6-8-14(18-15(16)12(2)3)11-13-9-7-10-17-13/h7,9-10,14H,2,4-6,8,11H2,1,3H3. The third-order valence-electron chi connectivity index (χ3n) is 2.76. The molecule has 1 aromatic heterocycles. The quantitative estimate of drug-likeness (QED) is 0.489. The van der Waals surface area contributed by atoms with Crippen molar-refractivity contribution in [1.29, 1.82) is 0 Å². The van der Waals surface area contributed by atoms with Gasteiger partial charge in [-0.05, 0) is 36.8 Å². The summed E-state index contributed by atoms with van der Waals surface area (Å²) in [7, 11) is 0. The van der Waals surface area contributed by atoms with Gasteiger partial charge < -0.3 is 0 Å². The van der Waals surface area contributed by atoms with Crippen LogP contribution in [0.1, 0.15) is 44.4 Å². The van der Waals surface area contributed by atoms with E-state index in [9.17, 15) is 4.79 Å². The highest BCUT2D eigenvalue weighted by Gasteiger charge is 2.16. The van der Waals surface area contributed by atoms with Crippen molar-refractivity contribution in [3.8, 4) is 0 Å². The molecule has 0 N–H and O–H groups in total. The maximum Gasteiger partial charge on any atom is 0.214 e. The van der Waals surface area contributed by atoms with Gasteiger partial charge in [-0.2, -0.15) is 0 Å². The van der Waals surface area contributed by atoms with Crippen LogP contribution in [0.2, 0.25) is 0 Å². The summed E-state index contributed by atoms with van der Waals surface area (Å²) in [6.45, 7) is 7.74. The highest BCUT2D eigenvalue weighted by molar-refractivity contribution is 8.14. The molecule has 0 fully saturated rings. The van der Waals surface area contributed by atoms with E-state index >= 15 is 0 Å². The van der Waals surface area contributed by atoms with Gasteiger partial charge >= 0.3 is 0 Å². The van der Waals surface area contributed by atoms with E-state index < -0.39 is 0 Å². The highest BCUT2D eigenvalue weighted by atomic mass is 32.2. The molecule has 1 aromatic rings. The predicted molar refractivity (Wildman–Crippen MR) is 83.4 cm³/mol. The van der Waals surface area contributed by atoms with Gasteiger partial charge in [0.05, 0.1) is 0 Å². The predicted octanol–water partition coefficient (Wildman–Crippen LogP) is 5.08. The molecule has 1 heterocycles. The molecule has 0 saturated carbocycles. The van der Waals surface area contributed by atoms with Gasteiger partial charge in [-0.3, -0.25) is 4.79 Å². The Kier molecular flexibility index (Phi) is 7.36. The lowest BCUT2D eigenvalue weighted by Gasteiger charge is -2.14. The number of carbonyl (C=O) groups is 1. The second kappa shape index (κ2) is 8.54. The fourth-order valence-electron chi connectivity index (χ4n) is 1.73. The Morgan fingerprint density at radius 1 is 1.50 bits per heavy atom. The zero-order chi connectivity index (χ0) is 13.4. The van der Waals surface area contributed by atoms with Crippen molar-refractivity contribution in [3.05, 3.63) is 34.5 Å². The topological polar surface area (TPSA) is 17.1 Å². The summed E-state index contributed by atoms with van der Waals surface area (Å²) in [5, 5.41) is 2.65. The van der Waals surface area contributed by atoms with Gasteiger partial charge in [0.25, 0.3) is 0 Å². The van der Waals surface area contributed by atoms with E-state index in [1.165, 1.54) is 35.9 Å². The smallest absolute Gasteiger partial charge is 0.214 e. The summed E-state index contributed by atoms with van der Waals surface area (Å²) in [4.78, 5) is 13.2. The van der Waals surface area contributed by atoms with E-state index in [-0.39, 0.29) is 5.12 Å². The second-order valence-electron chi connectivity index (χ2n) is 4.59. The Morgan fingerprint density at radius 2 is 2.28 bits per heavy atom. The Labute approximate surface area is 119 Å². The fraction of sp³-hybridized carbons (Fsp3) is 0.533. The molecule has 0 aliphatic rings. The average Bonchev–Trinajstić information content (AvgIpc) is 2.81. The third-order valence-corrected chi connectivity index (χ3v) is 4.96. The summed E-state index contributed by atoms with van der Waals surface area (Å²) >= 11 is 3.25. The highest BCUT2D eigenvalue weighted by Crippen LogP contribution is 2.26. The minimum atomic E-state index is 0.146. The Morgan fingerprint density at radius 3 is 2.83 bits per heavy atom. The van der Waals surface area contributed by atoms with E-state index in [1.807, 2.05) is 0 Å². The molecule has 0 radical (unpaired) electrons. The summed E-state index contributed by atoms with van der Waals surface area (Å²) in [6.07, 6.45) is 5.82. The number of thiophene rings is 1. The van der Waals surface area contributed by atoms with Crippen LogP contribution in [0.15, 0.2) is 29.7 Å². The van der Waals surface area contributed by atoms with Crippen molar-refractivity contribution in [3.63, 3.8) is 0 Å². The molecular weight excluding hydrogens is 260 g/mol. The van der Waals surface area contributed by atoms with Crippen LogP contribution < -0.4 is 0 Å². The molecule has 1 unspecified atom stereocenters. The Bertz CT molecular complexity index is 368. The van der Waals surface area contributed by atoms with Crippen LogP contribution in [-0.2, 0) is 11.2 Å². The molecule has 18 heavy (non-hydrogen) atoms. The van der Waals surface area contributed by atoms with Gasteiger partial charge in [-0.25, -0.2) is 0 Å². The number of hydrogen-bond donors (Lipinski definition) is 0. The lowest BCUT2D eigenvalue weighted by molar-refractivity contribution is -0.107. The molecular formula is C15H22OS2. The number of carbonyl (C=O) groups excluding carboxylic acids is 1. The van der Waals surface area contributed by atoms with Crippen LogP contribution in [0.3, 0.4) is 0 Å². The number of hydrogen-bond acceptors (Lipinski definition) is 3. The molecule has 0 aliphatic carbocycles. The van der Waals surface area contributed by atoms with Crippen molar-refractivity contribution < 1.29 is 4.79 Å². The van der Waals surface area contributed by atoms with Crippen LogP contribution in [0.4, 0.5) is 0 Å².